The van der Waals surface area contributed by atoms with Crippen molar-refractivity contribution < 1.29 is 4.52 Å². The summed E-state index contributed by atoms with van der Waals surface area (Å²) in [6.07, 6.45) is 5.99. The lowest BCUT2D eigenvalue weighted by atomic mass is 9.73. The Morgan fingerprint density at radius 1 is 1.23 bits per heavy atom. The fraction of sp³-hybridized carbons (Fsp3) is 0.300. The number of nitrogens with zero attached hydrogens (tertiary/aromatic N) is 7. The minimum Gasteiger partial charge on any atom is -0.353 e. The highest BCUT2D eigenvalue weighted by atomic mass is 35.5. The molecule has 0 radical (unpaired) electrons. The number of anilines is 1. The van der Waals surface area contributed by atoms with Gasteiger partial charge >= 0.3 is 0 Å². The van der Waals surface area contributed by atoms with E-state index < -0.39 is 0 Å². The van der Waals surface area contributed by atoms with Gasteiger partial charge < -0.3 is 9.42 Å². The van der Waals surface area contributed by atoms with E-state index in [9.17, 15) is 4.79 Å². The van der Waals surface area contributed by atoms with Crippen LogP contribution >= 0.6 is 11.6 Å². The first-order valence-corrected chi connectivity index (χ1v) is 10.1. The summed E-state index contributed by atoms with van der Waals surface area (Å²) in [5, 5.41) is 9.56. The van der Waals surface area contributed by atoms with Crippen LogP contribution in [0.4, 0.5) is 5.82 Å². The molecule has 4 aromatic rings. The molecule has 2 aliphatic heterocycles. The highest BCUT2D eigenvalue weighted by Gasteiger charge is 2.55. The first kappa shape index (κ1) is 17.5. The number of fused-ring (bicyclic) bond motifs is 2. The molecule has 30 heavy (non-hydrogen) atoms. The molecule has 4 aromatic heterocycles. The van der Waals surface area contributed by atoms with Crippen molar-refractivity contribution in [3.05, 3.63) is 69.9 Å². The zero-order chi connectivity index (χ0) is 20.2. The van der Waals surface area contributed by atoms with Gasteiger partial charge in [-0.3, -0.25) is 9.78 Å². The summed E-state index contributed by atoms with van der Waals surface area (Å²) >= 11 is 6.12. The van der Waals surface area contributed by atoms with Gasteiger partial charge in [-0.1, -0.05) is 16.8 Å². The number of aromatic nitrogens is 6. The molecule has 0 spiro atoms. The molecule has 0 amide bonds. The molecular formula is C20H16ClN7O2. The molecule has 2 saturated heterocycles. The molecule has 150 valence electrons. The van der Waals surface area contributed by atoms with Gasteiger partial charge in [-0.25, -0.2) is 9.67 Å². The van der Waals surface area contributed by atoms with Gasteiger partial charge in [-0.2, -0.15) is 10.1 Å². The maximum Gasteiger partial charge on any atom is 0.276 e. The van der Waals surface area contributed by atoms with E-state index in [4.69, 9.17) is 16.1 Å². The predicted octanol–water partition coefficient (Wildman–Crippen LogP) is 2.26. The molecule has 0 N–H and O–H groups in total. The van der Waals surface area contributed by atoms with Gasteiger partial charge in [-0.05, 0) is 36.6 Å². The minimum absolute atomic E-state index is 0.123. The molecule has 1 saturated carbocycles. The van der Waals surface area contributed by atoms with Gasteiger partial charge in [0, 0.05) is 35.9 Å². The Hall–Kier alpha value is -3.33. The van der Waals surface area contributed by atoms with Crippen LogP contribution in [0.1, 0.15) is 24.1 Å². The van der Waals surface area contributed by atoms with Crippen molar-refractivity contribution in [3.8, 4) is 0 Å². The maximum absolute atomic E-state index is 12.6. The van der Waals surface area contributed by atoms with Crippen LogP contribution in [0, 0.1) is 5.92 Å². The summed E-state index contributed by atoms with van der Waals surface area (Å²) < 4.78 is 6.76. The number of hydrogen-bond acceptors (Lipinski definition) is 8. The predicted molar refractivity (Wildman–Crippen MR) is 108 cm³/mol. The van der Waals surface area contributed by atoms with Crippen LogP contribution in [0.2, 0.25) is 5.02 Å². The highest BCUT2D eigenvalue weighted by molar-refractivity contribution is 6.30. The van der Waals surface area contributed by atoms with Crippen LogP contribution in [0.3, 0.4) is 0 Å². The molecule has 3 aliphatic rings. The van der Waals surface area contributed by atoms with E-state index in [-0.39, 0.29) is 24.1 Å². The highest BCUT2D eigenvalue weighted by Crippen LogP contribution is 2.52. The smallest absolute Gasteiger partial charge is 0.276 e. The quantitative estimate of drug-likeness (QED) is 0.494. The van der Waals surface area contributed by atoms with Crippen LogP contribution in [-0.2, 0) is 6.54 Å². The van der Waals surface area contributed by atoms with Crippen LogP contribution < -0.4 is 10.5 Å². The fourth-order valence-corrected chi connectivity index (χ4v) is 4.70. The third-order valence-electron chi connectivity index (χ3n) is 5.99. The van der Waals surface area contributed by atoms with Crippen LogP contribution in [0.25, 0.3) is 10.9 Å². The van der Waals surface area contributed by atoms with Gasteiger partial charge in [0.1, 0.15) is 12.4 Å². The monoisotopic (exact) mass is 421 g/mol. The van der Waals surface area contributed by atoms with E-state index in [1.54, 1.807) is 36.8 Å². The van der Waals surface area contributed by atoms with Crippen LogP contribution in [0.15, 0.2) is 52.2 Å². The van der Waals surface area contributed by atoms with Crippen molar-refractivity contribution >= 4 is 28.3 Å². The Labute approximate surface area is 175 Å². The van der Waals surface area contributed by atoms with Crippen molar-refractivity contribution in [2.45, 2.75) is 24.9 Å². The number of pyridine rings is 2. The lowest BCUT2D eigenvalue weighted by Crippen LogP contribution is -2.38. The molecule has 3 atom stereocenters. The fourth-order valence-electron chi connectivity index (χ4n) is 4.54. The Kier molecular flexibility index (Phi) is 3.85. The SMILES string of the molecule is O=c1c2cccnc2cnn1Cc1nc([C@@H]2C3C[C@H]2CN3c2cc(Cl)ccn2)no1. The van der Waals surface area contributed by atoms with Crippen molar-refractivity contribution in [1.29, 1.82) is 0 Å². The first-order valence-electron chi connectivity index (χ1n) is 9.69. The molecule has 1 unspecified atom stereocenters. The van der Waals surface area contributed by atoms with E-state index >= 15 is 0 Å². The van der Waals surface area contributed by atoms with Gasteiger partial charge in [0.05, 0.1) is 17.1 Å². The molecule has 6 heterocycles. The van der Waals surface area contributed by atoms with Gasteiger partial charge in [0.2, 0.25) is 5.89 Å². The van der Waals surface area contributed by atoms with E-state index in [0.29, 0.717) is 33.6 Å². The van der Waals surface area contributed by atoms with Crippen molar-refractivity contribution in [3.63, 3.8) is 0 Å². The van der Waals surface area contributed by atoms with E-state index in [0.717, 1.165) is 18.8 Å². The average Bonchev–Trinajstić information content (AvgIpc) is 3.46. The van der Waals surface area contributed by atoms with Gasteiger partial charge in [-0.15, -0.1) is 0 Å². The topological polar surface area (TPSA) is 103 Å². The molecule has 10 heteroatoms. The zero-order valence-electron chi connectivity index (χ0n) is 15.7. The zero-order valence-corrected chi connectivity index (χ0v) is 16.5. The second kappa shape index (κ2) is 6.60. The molecule has 3 fully saturated rings. The van der Waals surface area contributed by atoms with Crippen molar-refractivity contribution in [2.75, 3.05) is 11.4 Å². The lowest BCUT2D eigenvalue weighted by Gasteiger charge is -2.34. The van der Waals surface area contributed by atoms with Crippen molar-refractivity contribution in [2.24, 2.45) is 5.92 Å². The van der Waals surface area contributed by atoms with Gasteiger partial charge in [0.15, 0.2) is 5.82 Å². The third kappa shape index (κ3) is 2.69. The molecule has 2 bridgehead atoms. The number of hydrogen-bond donors (Lipinski definition) is 0. The summed E-state index contributed by atoms with van der Waals surface area (Å²) in [5.74, 6) is 2.55. The molecule has 1 aliphatic carbocycles. The summed E-state index contributed by atoms with van der Waals surface area (Å²) in [5.41, 5.74) is 0.327. The molecule has 9 nitrogen and oxygen atoms in total. The van der Waals surface area contributed by atoms with Crippen LogP contribution in [0.5, 0.6) is 0 Å². The normalized spacial score (nSPS) is 22.4. The average molecular weight is 422 g/mol. The van der Waals surface area contributed by atoms with E-state index in [2.05, 4.69) is 30.1 Å². The standard InChI is InChI=1S/C20H16ClN7O2/c21-12-3-5-23-16(7-12)27-9-11-6-15(27)18(11)19-25-17(30-26-19)10-28-20(29)13-2-1-4-22-14(13)8-24-28/h1-5,7-8,11,15,18H,6,9-10H2/t11-,15?,18-/m0/s1. The molecule has 7 rings (SSSR count). The summed E-state index contributed by atoms with van der Waals surface area (Å²) in [6, 6.07) is 7.39. The summed E-state index contributed by atoms with van der Waals surface area (Å²) in [7, 11) is 0. The summed E-state index contributed by atoms with van der Waals surface area (Å²) in [6.45, 7) is 1.02. The Balaban J connectivity index is 1.24. The maximum atomic E-state index is 12.6. The van der Waals surface area contributed by atoms with E-state index in [1.165, 1.54) is 4.68 Å². The lowest BCUT2D eigenvalue weighted by molar-refractivity contribution is 0.283. The Bertz CT molecular complexity index is 1320. The number of rotatable bonds is 4. The summed E-state index contributed by atoms with van der Waals surface area (Å²) in [4.78, 5) is 28.1. The molecule has 0 aromatic carbocycles. The second-order valence-electron chi connectivity index (χ2n) is 7.66. The first-order chi connectivity index (χ1) is 14.7. The second-order valence-corrected chi connectivity index (χ2v) is 8.10. The largest absolute Gasteiger partial charge is 0.353 e. The van der Waals surface area contributed by atoms with E-state index in [1.807, 2.05) is 6.07 Å². The van der Waals surface area contributed by atoms with Crippen LogP contribution in [-0.4, -0.2) is 42.5 Å². The number of halogens is 1. The van der Waals surface area contributed by atoms with Crippen molar-refractivity contribution in [1.82, 2.24) is 29.9 Å². The Morgan fingerprint density at radius 2 is 2.17 bits per heavy atom. The Morgan fingerprint density at radius 3 is 3.07 bits per heavy atom. The third-order valence-corrected chi connectivity index (χ3v) is 6.22. The molecular weight excluding hydrogens is 406 g/mol. The minimum atomic E-state index is -0.234. The van der Waals surface area contributed by atoms with Gasteiger partial charge in [0.25, 0.3) is 5.56 Å².